The number of ether oxygens (including phenoxy) is 2. The molecule has 0 bridgehead atoms. The number of likely N-dealkylation sites (tertiary alicyclic amines) is 1. The largest absolute Gasteiger partial charge is 0.444 e. The Balaban J connectivity index is 2.03. The van der Waals surface area contributed by atoms with Crippen LogP contribution in [-0.2, 0) is 9.47 Å². The topological polar surface area (TPSA) is 72.0 Å². The van der Waals surface area contributed by atoms with Crippen molar-refractivity contribution in [3.8, 4) is 0 Å². The molecule has 172 valence electrons. The van der Waals surface area contributed by atoms with Crippen LogP contribution in [0.15, 0.2) is 48.7 Å². The van der Waals surface area contributed by atoms with Crippen LogP contribution >= 0.6 is 0 Å². The maximum absolute atomic E-state index is 13.3. The number of carbonyl (C=O) groups is 2. The van der Waals surface area contributed by atoms with Crippen molar-refractivity contribution in [1.82, 2.24) is 9.88 Å². The number of hydrogen-bond donors (Lipinski definition) is 0. The Morgan fingerprint density at radius 3 is 2.25 bits per heavy atom. The summed E-state index contributed by atoms with van der Waals surface area (Å²) in [7, 11) is 0. The number of hydrogen-bond acceptors (Lipinski definition) is 5. The molecule has 1 unspecified atom stereocenters. The molecule has 3 rings (SSSR count). The minimum absolute atomic E-state index is 0.248. The van der Waals surface area contributed by atoms with Gasteiger partial charge in [-0.2, -0.15) is 0 Å². The minimum Gasteiger partial charge on any atom is -0.444 e. The van der Waals surface area contributed by atoms with Crippen molar-refractivity contribution in [3.05, 3.63) is 54.2 Å². The van der Waals surface area contributed by atoms with E-state index in [1.807, 2.05) is 84.0 Å². The lowest BCUT2D eigenvalue weighted by Crippen LogP contribution is -2.38. The maximum Gasteiger partial charge on any atom is 0.420 e. The van der Waals surface area contributed by atoms with E-state index in [0.29, 0.717) is 18.1 Å². The van der Waals surface area contributed by atoms with Gasteiger partial charge in [-0.1, -0.05) is 24.3 Å². The fraction of sp³-hybridized carbons (Fsp3) is 0.480. The average Bonchev–Trinajstić information content (AvgIpc) is 3.17. The van der Waals surface area contributed by atoms with Gasteiger partial charge in [-0.05, 0) is 72.6 Å². The Morgan fingerprint density at radius 2 is 1.62 bits per heavy atom. The Labute approximate surface area is 190 Å². The molecular formula is C25H33N3O4. The zero-order valence-electron chi connectivity index (χ0n) is 19.8. The van der Waals surface area contributed by atoms with E-state index in [1.54, 1.807) is 11.1 Å². The zero-order valence-corrected chi connectivity index (χ0v) is 19.8. The fourth-order valence-electron chi connectivity index (χ4n) is 3.68. The number of aromatic nitrogens is 1. The SMILES string of the molecule is CC(C)(C)OC(=O)N(c1ccccc1)c1ncccc1C1CCCN1C(=O)OC(C)(C)C. The van der Waals surface area contributed by atoms with Crippen molar-refractivity contribution in [2.45, 2.75) is 71.6 Å². The number of pyridine rings is 1. The first-order chi connectivity index (χ1) is 15.0. The predicted octanol–water partition coefficient (Wildman–Crippen LogP) is 6.23. The molecular weight excluding hydrogens is 406 g/mol. The van der Waals surface area contributed by atoms with Crippen molar-refractivity contribution in [2.24, 2.45) is 0 Å². The number of para-hydroxylation sites is 1. The van der Waals surface area contributed by atoms with E-state index in [2.05, 4.69) is 4.98 Å². The van der Waals surface area contributed by atoms with Crippen LogP contribution in [0.1, 0.15) is 66.0 Å². The van der Waals surface area contributed by atoms with Gasteiger partial charge in [0, 0.05) is 18.3 Å². The van der Waals surface area contributed by atoms with Crippen LogP contribution < -0.4 is 4.90 Å². The highest BCUT2D eigenvalue weighted by molar-refractivity contribution is 5.96. The van der Waals surface area contributed by atoms with Crippen LogP contribution in [-0.4, -0.2) is 39.8 Å². The first-order valence-electron chi connectivity index (χ1n) is 11.0. The number of nitrogens with zero attached hydrogens (tertiary/aromatic N) is 3. The summed E-state index contributed by atoms with van der Waals surface area (Å²) in [6.45, 7) is 11.6. The first kappa shape index (κ1) is 23.6. The van der Waals surface area contributed by atoms with Crippen molar-refractivity contribution in [1.29, 1.82) is 0 Å². The van der Waals surface area contributed by atoms with Crippen LogP contribution in [0, 0.1) is 0 Å². The Bertz CT molecular complexity index is 948. The van der Waals surface area contributed by atoms with Gasteiger partial charge < -0.3 is 14.4 Å². The molecule has 1 atom stereocenters. The third kappa shape index (κ3) is 5.78. The van der Waals surface area contributed by atoms with Crippen molar-refractivity contribution in [3.63, 3.8) is 0 Å². The summed E-state index contributed by atoms with van der Waals surface area (Å²) >= 11 is 0. The van der Waals surface area contributed by atoms with Crippen molar-refractivity contribution in [2.75, 3.05) is 11.4 Å². The average molecular weight is 440 g/mol. The van der Waals surface area contributed by atoms with Gasteiger partial charge >= 0.3 is 12.2 Å². The second-order valence-electron chi connectivity index (χ2n) is 9.90. The van der Waals surface area contributed by atoms with Crippen LogP contribution in [0.3, 0.4) is 0 Å². The number of amides is 2. The van der Waals surface area contributed by atoms with Crippen LogP contribution in [0.5, 0.6) is 0 Å². The van der Waals surface area contributed by atoms with E-state index in [9.17, 15) is 9.59 Å². The van der Waals surface area contributed by atoms with E-state index < -0.39 is 17.3 Å². The quantitative estimate of drug-likeness (QED) is 0.567. The highest BCUT2D eigenvalue weighted by Gasteiger charge is 2.37. The molecule has 1 aromatic heterocycles. The molecule has 32 heavy (non-hydrogen) atoms. The van der Waals surface area contributed by atoms with E-state index in [-0.39, 0.29) is 12.1 Å². The molecule has 2 amide bonds. The summed E-state index contributed by atoms with van der Waals surface area (Å²) in [6.07, 6.45) is 2.36. The van der Waals surface area contributed by atoms with E-state index in [4.69, 9.17) is 9.47 Å². The maximum atomic E-state index is 13.3. The molecule has 2 heterocycles. The van der Waals surface area contributed by atoms with Gasteiger partial charge in [0.1, 0.15) is 17.0 Å². The molecule has 0 saturated carbocycles. The number of rotatable bonds is 3. The normalized spacial score (nSPS) is 16.6. The van der Waals surface area contributed by atoms with Gasteiger partial charge in [0.05, 0.1) is 11.7 Å². The van der Waals surface area contributed by atoms with Gasteiger partial charge in [0.25, 0.3) is 0 Å². The molecule has 1 fully saturated rings. The lowest BCUT2D eigenvalue weighted by Gasteiger charge is -2.32. The van der Waals surface area contributed by atoms with E-state index in [0.717, 1.165) is 18.4 Å². The second kappa shape index (κ2) is 9.18. The molecule has 1 aromatic carbocycles. The third-order valence-corrected chi connectivity index (χ3v) is 4.86. The van der Waals surface area contributed by atoms with Gasteiger partial charge in [0.15, 0.2) is 0 Å². The minimum atomic E-state index is -0.672. The van der Waals surface area contributed by atoms with Gasteiger partial charge in [-0.3, -0.25) is 0 Å². The summed E-state index contributed by atoms with van der Waals surface area (Å²) in [5.41, 5.74) is 0.165. The molecule has 1 aliphatic heterocycles. The number of carbonyl (C=O) groups excluding carboxylic acids is 2. The van der Waals surface area contributed by atoms with Gasteiger partial charge in [0.2, 0.25) is 0 Å². The standard InChI is InChI=1S/C25H33N3O4/c1-24(2,3)31-22(29)27-17-11-15-20(27)19-14-10-16-26-21(19)28(18-12-8-7-9-13-18)23(30)32-25(4,5)6/h7-10,12-14,16,20H,11,15,17H2,1-6H3. The highest BCUT2D eigenvalue weighted by Crippen LogP contribution is 2.39. The molecule has 0 aliphatic carbocycles. The zero-order chi connectivity index (χ0) is 23.5. The molecule has 1 aliphatic rings. The van der Waals surface area contributed by atoms with Crippen LogP contribution in [0.25, 0.3) is 0 Å². The Hall–Kier alpha value is -3.09. The molecule has 1 saturated heterocycles. The molecule has 0 spiro atoms. The highest BCUT2D eigenvalue weighted by atomic mass is 16.6. The van der Waals surface area contributed by atoms with E-state index in [1.165, 1.54) is 4.90 Å². The predicted molar refractivity (Wildman–Crippen MR) is 124 cm³/mol. The van der Waals surface area contributed by atoms with Crippen LogP contribution in [0.2, 0.25) is 0 Å². The van der Waals surface area contributed by atoms with Crippen LogP contribution in [0.4, 0.5) is 21.1 Å². The molecule has 0 radical (unpaired) electrons. The van der Waals surface area contributed by atoms with Gasteiger partial charge in [-0.25, -0.2) is 19.5 Å². The fourth-order valence-corrected chi connectivity index (χ4v) is 3.68. The monoisotopic (exact) mass is 439 g/mol. The lowest BCUT2D eigenvalue weighted by atomic mass is 10.0. The van der Waals surface area contributed by atoms with Crippen molar-refractivity contribution >= 4 is 23.7 Å². The third-order valence-electron chi connectivity index (χ3n) is 4.86. The molecule has 7 heteroatoms. The number of anilines is 2. The second-order valence-corrected chi connectivity index (χ2v) is 9.90. The molecule has 2 aromatic rings. The first-order valence-corrected chi connectivity index (χ1v) is 11.0. The Morgan fingerprint density at radius 1 is 0.969 bits per heavy atom. The van der Waals surface area contributed by atoms with Gasteiger partial charge in [-0.15, -0.1) is 0 Å². The lowest BCUT2D eigenvalue weighted by molar-refractivity contribution is 0.0225. The summed E-state index contributed by atoms with van der Waals surface area (Å²) in [5, 5.41) is 0. The molecule has 7 nitrogen and oxygen atoms in total. The Kier molecular flexibility index (Phi) is 6.77. The van der Waals surface area contributed by atoms with Crippen molar-refractivity contribution < 1.29 is 19.1 Å². The molecule has 0 N–H and O–H groups in total. The summed E-state index contributed by atoms with van der Waals surface area (Å²) in [5.74, 6) is 0.452. The number of benzene rings is 1. The summed E-state index contributed by atoms with van der Waals surface area (Å²) in [4.78, 5) is 34.0. The summed E-state index contributed by atoms with van der Waals surface area (Å²) < 4.78 is 11.3. The summed E-state index contributed by atoms with van der Waals surface area (Å²) in [6, 6.07) is 12.8. The smallest absolute Gasteiger partial charge is 0.420 e. The van der Waals surface area contributed by atoms with E-state index >= 15 is 0 Å².